The Morgan fingerprint density at radius 2 is 2.30 bits per heavy atom. The first-order valence-electron chi connectivity index (χ1n) is 6.79. The molecule has 0 saturated heterocycles. The molecule has 0 unspecified atom stereocenters. The number of rotatable bonds is 4. The van der Waals surface area contributed by atoms with Crippen LogP contribution in [0.1, 0.15) is 38.8 Å². The molecule has 0 atom stereocenters. The molecule has 1 N–H and O–H groups in total. The molecule has 20 heavy (non-hydrogen) atoms. The number of carbonyl (C=O) groups is 1. The van der Waals surface area contributed by atoms with E-state index in [1.165, 1.54) is 15.3 Å². The second-order valence-electron chi connectivity index (χ2n) is 5.32. The van der Waals surface area contributed by atoms with Crippen molar-refractivity contribution in [2.45, 2.75) is 39.5 Å². The van der Waals surface area contributed by atoms with E-state index in [0.29, 0.717) is 12.6 Å². The minimum atomic E-state index is 0.0499. The van der Waals surface area contributed by atoms with E-state index in [0.717, 1.165) is 18.0 Å². The van der Waals surface area contributed by atoms with Crippen LogP contribution in [0.25, 0.3) is 0 Å². The zero-order valence-corrected chi connectivity index (χ0v) is 13.3. The van der Waals surface area contributed by atoms with Crippen LogP contribution < -0.4 is 5.32 Å². The lowest BCUT2D eigenvalue weighted by atomic mass is 10.2. The van der Waals surface area contributed by atoms with E-state index < -0.39 is 0 Å². The van der Waals surface area contributed by atoms with Crippen molar-refractivity contribution in [3.05, 3.63) is 43.8 Å². The fourth-order valence-corrected chi connectivity index (χ4v) is 4.10. The molecular formula is C15H18N2OS2. The van der Waals surface area contributed by atoms with Gasteiger partial charge >= 0.3 is 0 Å². The van der Waals surface area contributed by atoms with Gasteiger partial charge in [0.15, 0.2) is 0 Å². The molecule has 3 nitrogen and oxygen atoms in total. The maximum atomic E-state index is 12.2. The SMILES string of the molecule is CC(C)N1Cc2cc(C(=O)NCc3cccs3)sc2C1. The Labute approximate surface area is 127 Å². The molecule has 1 aliphatic heterocycles. The lowest BCUT2D eigenvalue weighted by molar-refractivity contribution is 0.0955. The number of hydrogen-bond acceptors (Lipinski definition) is 4. The van der Waals surface area contributed by atoms with Crippen molar-refractivity contribution in [1.29, 1.82) is 0 Å². The first kappa shape index (κ1) is 13.8. The topological polar surface area (TPSA) is 32.3 Å². The number of amides is 1. The van der Waals surface area contributed by atoms with Gasteiger partial charge in [0.1, 0.15) is 0 Å². The summed E-state index contributed by atoms with van der Waals surface area (Å²) >= 11 is 3.31. The largest absolute Gasteiger partial charge is 0.346 e. The zero-order valence-electron chi connectivity index (χ0n) is 11.7. The van der Waals surface area contributed by atoms with E-state index in [1.807, 2.05) is 17.5 Å². The Hall–Kier alpha value is -1.17. The van der Waals surface area contributed by atoms with Gasteiger partial charge in [-0.2, -0.15) is 0 Å². The molecule has 0 spiro atoms. The van der Waals surface area contributed by atoms with E-state index in [1.54, 1.807) is 22.7 Å². The summed E-state index contributed by atoms with van der Waals surface area (Å²) in [6, 6.07) is 6.67. The Morgan fingerprint density at radius 1 is 1.45 bits per heavy atom. The molecule has 106 valence electrons. The third kappa shape index (κ3) is 2.80. The maximum Gasteiger partial charge on any atom is 0.261 e. The number of thiophene rings is 2. The molecule has 0 saturated carbocycles. The monoisotopic (exact) mass is 306 g/mol. The van der Waals surface area contributed by atoms with Gasteiger partial charge in [0.05, 0.1) is 11.4 Å². The van der Waals surface area contributed by atoms with E-state index in [-0.39, 0.29) is 5.91 Å². The van der Waals surface area contributed by atoms with Gasteiger partial charge in [-0.25, -0.2) is 0 Å². The highest BCUT2D eigenvalue weighted by Crippen LogP contribution is 2.32. The summed E-state index contributed by atoms with van der Waals surface area (Å²) in [7, 11) is 0. The summed E-state index contributed by atoms with van der Waals surface area (Å²) in [4.78, 5) is 18.0. The summed E-state index contributed by atoms with van der Waals surface area (Å²) in [5.74, 6) is 0.0499. The average Bonchev–Trinajstić information content (AvgIpc) is 3.10. The van der Waals surface area contributed by atoms with Gasteiger partial charge < -0.3 is 5.32 Å². The van der Waals surface area contributed by atoms with Crippen molar-refractivity contribution in [2.75, 3.05) is 0 Å². The summed E-state index contributed by atoms with van der Waals surface area (Å²) in [6.07, 6.45) is 0. The Kier molecular flexibility index (Phi) is 3.92. The second-order valence-corrected chi connectivity index (χ2v) is 7.49. The van der Waals surface area contributed by atoms with Crippen LogP contribution in [0.2, 0.25) is 0 Å². The fourth-order valence-electron chi connectivity index (χ4n) is 2.34. The van der Waals surface area contributed by atoms with Crippen LogP contribution in [-0.2, 0) is 19.6 Å². The molecule has 0 radical (unpaired) electrons. The minimum absolute atomic E-state index is 0.0499. The van der Waals surface area contributed by atoms with Crippen LogP contribution in [0.5, 0.6) is 0 Å². The van der Waals surface area contributed by atoms with Crippen LogP contribution in [0, 0.1) is 0 Å². The fraction of sp³-hybridized carbons (Fsp3) is 0.400. The number of fused-ring (bicyclic) bond motifs is 1. The minimum Gasteiger partial charge on any atom is -0.346 e. The highest BCUT2D eigenvalue weighted by Gasteiger charge is 2.25. The van der Waals surface area contributed by atoms with E-state index >= 15 is 0 Å². The third-order valence-electron chi connectivity index (χ3n) is 3.57. The van der Waals surface area contributed by atoms with Crippen molar-refractivity contribution in [3.63, 3.8) is 0 Å². The summed E-state index contributed by atoms with van der Waals surface area (Å²) in [5.41, 5.74) is 1.32. The molecule has 1 aliphatic rings. The second kappa shape index (κ2) is 5.68. The van der Waals surface area contributed by atoms with Gasteiger partial charge in [-0.05, 0) is 36.9 Å². The number of carbonyl (C=O) groups excluding carboxylic acids is 1. The van der Waals surface area contributed by atoms with Crippen molar-refractivity contribution in [2.24, 2.45) is 0 Å². The van der Waals surface area contributed by atoms with Crippen molar-refractivity contribution in [3.8, 4) is 0 Å². The molecule has 3 heterocycles. The first-order valence-corrected chi connectivity index (χ1v) is 8.49. The van der Waals surface area contributed by atoms with E-state index in [2.05, 4.69) is 30.1 Å². The third-order valence-corrected chi connectivity index (χ3v) is 5.61. The summed E-state index contributed by atoms with van der Waals surface area (Å²) < 4.78 is 0. The molecule has 5 heteroatoms. The standard InChI is InChI=1S/C15H18N2OS2/c1-10(2)17-8-11-6-13(20-14(11)9-17)15(18)16-7-12-4-3-5-19-12/h3-6,10H,7-9H2,1-2H3,(H,16,18). The molecular weight excluding hydrogens is 288 g/mol. The van der Waals surface area contributed by atoms with E-state index in [9.17, 15) is 4.79 Å². The number of nitrogens with zero attached hydrogens (tertiary/aromatic N) is 1. The summed E-state index contributed by atoms with van der Waals surface area (Å²) in [6.45, 7) is 7.01. The van der Waals surface area contributed by atoms with Crippen molar-refractivity contribution in [1.82, 2.24) is 10.2 Å². The first-order chi connectivity index (χ1) is 9.63. The molecule has 0 bridgehead atoms. The quantitative estimate of drug-likeness (QED) is 0.938. The van der Waals surface area contributed by atoms with Gasteiger partial charge in [0.25, 0.3) is 5.91 Å². The number of hydrogen-bond donors (Lipinski definition) is 1. The van der Waals surface area contributed by atoms with E-state index in [4.69, 9.17) is 0 Å². The highest BCUT2D eigenvalue weighted by molar-refractivity contribution is 7.14. The molecule has 0 aliphatic carbocycles. The Morgan fingerprint density at radius 3 is 2.95 bits per heavy atom. The average molecular weight is 306 g/mol. The maximum absolute atomic E-state index is 12.2. The normalized spacial score (nSPS) is 14.8. The van der Waals surface area contributed by atoms with Crippen molar-refractivity contribution < 1.29 is 4.79 Å². The highest BCUT2D eigenvalue weighted by atomic mass is 32.1. The molecule has 3 rings (SSSR count). The van der Waals surface area contributed by atoms with Gasteiger partial charge in [0.2, 0.25) is 0 Å². The van der Waals surface area contributed by atoms with Gasteiger partial charge in [0, 0.05) is 28.9 Å². The molecule has 2 aromatic rings. The Balaban J connectivity index is 1.62. The van der Waals surface area contributed by atoms with Gasteiger partial charge in [-0.15, -0.1) is 22.7 Å². The molecule has 1 amide bonds. The van der Waals surface area contributed by atoms with Crippen LogP contribution >= 0.6 is 22.7 Å². The lowest BCUT2D eigenvalue weighted by Crippen LogP contribution is -2.25. The zero-order chi connectivity index (χ0) is 14.1. The predicted octanol–water partition coefficient (Wildman–Crippen LogP) is 3.46. The van der Waals surface area contributed by atoms with Gasteiger partial charge in [-0.1, -0.05) is 6.07 Å². The smallest absolute Gasteiger partial charge is 0.261 e. The van der Waals surface area contributed by atoms with Crippen LogP contribution in [-0.4, -0.2) is 16.8 Å². The Bertz CT molecular complexity index is 578. The summed E-state index contributed by atoms with van der Waals surface area (Å²) in [5, 5.41) is 5.02. The van der Waals surface area contributed by atoms with Crippen LogP contribution in [0.4, 0.5) is 0 Å². The van der Waals surface area contributed by atoms with Crippen molar-refractivity contribution >= 4 is 28.6 Å². The molecule has 2 aromatic heterocycles. The number of nitrogens with one attached hydrogen (secondary N) is 1. The molecule has 0 aromatic carbocycles. The predicted molar refractivity (Wildman–Crippen MR) is 84.2 cm³/mol. The van der Waals surface area contributed by atoms with Crippen LogP contribution in [0.3, 0.4) is 0 Å². The molecule has 0 fully saturated rings. The van der Waals surface area contributed by atoms with Crippen LogP contribution in [0.15, 0.2) is 23.6 Å². The van der Waals surface area contributed by atoms with Gasteiger partial charge in [-0.3, -0.25) is 9.69 Å². The lowest BCUT2D eigenvalue weighted by Gasteiger charge is -2.19.